The van der Waals surface area contributed by atoms with Crippen LogP contribution in [0.5, 0.6) is 0 Å². The second kappa shape index (κ2) is 5.41. The van der Waals surface area contributed by atoms with Crippen LogP contribution in [0.4, 0.5) is 11.6 Å². The maximum atomic E-state index is 12.2. The smallest absolute Gasteiger partial charge is 0.265 e. The fourth-order valence-corrected chi connectivity index (χ4v) is 3.12. The van der Waals surface area contributed by atoms with Gasteiger partial charge in [0.05, 0.1) is 23.0 Å². The minimum Gasteiger partial charge on any atom is -0.347 e. The number of nitrogens with one attached hydrogen (secondary N) is 2. The van der Waals surface area contributed by atoms with Crippen LogP contribution in [-0.2, 0) is 0 Å². The monoisotopic (exact) mass is 366 g/mol. The van der Waals surface area contributed by atoms with E-state index in [-0.39, 0.29) is 5.91 Å². The highest BCUT2D eigenvalue weighted by Crippen LogP contribution is 2.29. The van der Waals surface area contributed by atoms with Gasteiger partial charge in [0.1, 0.15) is 9.43 Å². The van der Waals surface area contributed by atoms with Crippen molar-refractivity contribution >= 4 is 55.0 Å². The molecule has 0 saturated carbocycles. The van der Waals surface area contributed by atoms with Crippen LogP contribution in [0.1, 0.15) is 9.67 Å². The summed E-state index contributed by atoms with van der Waals surface area (Å²) in [5.74, 6) is 0.387. The number of thiophene rings is 1. The molecule has 0 aliphatic carbocycles. The fraction of sp³-hybridized carbons (Fsp3) is 0.167. The number of halogens is 1. The van der Waals surface area contributed by atoms with E-state index in [1.165, 1.54) is 11.3 Å². The molecular weight excluding hydrogens is 356 g/mol. The van der Waals surface area contributed by atoms with E-state index >= 15 is 0 Å². The molecule has 108 valence electrons. The number of aromatic amines is 1. The molecule has 0 aliphatic heterocycles. The van der Waals surface area contributed by atoms with Gasteiger partial charge in [0.2, 0.25) is 5.95 Å². The summed E-state index contributed by atoms with van der Waals surface area (Å²) in [7, 11) is 3.71. The summed E-state index contributed by atoms with van der Waals surface area (Å²) in [6.45, 7) is 0. The molecule has 1 amide bonds. The first kappa shape index (κ1) is 14.0. The summed E-state index contributed by atoms with van der Waals surface area (Å²) in [4.78, 5) is 23.6. The van der Waals surface area contributed by atoms with Gasteiger partial charge in [-0.3, -0.25) is 9.89 Å². The van der Waals surface area contributed by atoms with Crippen molar-refractivity contribution in [2.24, 2.45) is 0 Å². The Morgan fingerprint density at radius 3 is 2.71 bits per heavy atom. The molecule has 2 N–H and O–H groups in total. The minimum absolute atomic E-state index is 0.203. The Labute approximate surface area is 132 Å². The van der Waals surface area contributed by atoms with E-state index in [4.69, 9.17) is 0 Å². The van der Waals surface area contributed by atoms with Gasteiger partial charge in [-0.15, -0.1) is 11.3 Å². The average Bonchev–Trinajstić information content (AvgIpc) is 3.02. The minimum atomic E-state index is -0.203. The number of hydrogen-bond acceptors (Lipinski definition) is 6. The van der Waals surface area contributed by atoms with E-state index < -0.39 is 0 Å². The van der Waals surface area contributed by atoms with E-state index in [1.54, 1.807) is 23.4 Å². The SMILES string of the molecule is CN(C)c1ncc(NC(=O)c2cc3c(Br)[nH]nc3s2)cn1. The van der Waals surface area contributed by atoms with E-state index in [0.29, 0.717) is 16.5 Å². The second-order valence-electron chi connectivity index (χ2n) is 4.49. The second-order valence-corrected chi connectivity index (χ2v) is 6.31. The predicted octanol–water partition coefficient (Wildman–Crippen LogP) is 2.50. The average molecular weight is 367 g/mol. The molecule has 7 nitrogen and oxygen atoms in total. The van der Waals surface area contributed by atoms with Crippen LogP contribution < -0.4 is 10.2 Å². The Morgan fingerprint density at radius 1 is 1.38 bits per heavy atom. The van der Waals surface area contributed by atoms with Gasteiger partial charge in [-0.05, 0) is 22.0 Å². The Balaban J connectivity index is 1.79. The van der Waals surface area contributed by atoms with Crippen LogP contribution >= 0.6 is 27.3 Å². The highest BCUT2D eigenvalue weighted by molar-refractivity contribution is 9.10. The van der Waals surface area contributed by atoms with Crippen molar-refractivity contribution in [1.29, 1.82) is 0 Å². The first-order valence-corrected chi connectivity index (χ1v) is 7.59. The molecule has 0 radical (unpaired) electrons. The summed E-state index contributed by atoms with van der Waals surface area (Å²) in [5, 5.41) is 10.6. The Morgan fingerprint density at radius 2 is 2.10 bits per heavy atom. The molecule has 0 atom stereocenters. The van der Waals surface area contributed by atoms with Crippen LogP contribution in [0, 0.1) is 0 Å². The molecule has 0 aromatic carbocycles. The molecule has 0 unspecified atom stereocenters. The van der Waals surface area contributed by atoms with Crippen molar-refractivity contribution in [3.63, 3.8) is 0 Å². The van der Waals surface area contributed by atoms with Crippen molar-refractivity contribution < 1.29 is 4.79 Å². The Hall–Kier alpha value is -2.00. The number of H-pyrrole nitrogens is 1. The lowest BCUT2D eigenvalue weighted by atomic mass is 10.3. The van der Waals surface area contributed by atoms with Crippen LogP contribution in [0.25, 0.3) is 10.2 Å². The lowest BCUT2D eigenvalue weighted by molar-refractivity contribution is 0.103. The first-order valence-electron chi connectivity index (χ1n) is 5.98. The molecule has 3 heterocycles. The number of nitrogens with zero attached hydrogens (tertiary/aromatic N) is 4. The first-order chi connectivity index (χ1) is 10.0. The largest absolute Gasteiger partial charge is 0.347 e. The number of aromatic nitrogens is 4. The molecule has 0 saturated heterocycles. The lowest BCUT2D eigenvalue weighted by Gasteiger charge is -2.09. The van der Waals surface area contributed by atoms with Crippen LogP contribution in [-0.4, -0.2) is 40.2 Å². The molecule has 0 fully saturated rings. The number of fused-ring (bicyclic) bond motifs is 1. The van der Waals surface area contributed by atoms with E-state index in [9.17, 15) is 4.79 Å². The number of rotatable bonds is 3. The number of carbonyl (C=O) groups is 1. The lowest BCUT2D eigenvalue weighted by Crippen LogP contribution is -2.14. The molecule has 0 spiro atoms. The van der Waals surface area contributed by atoms with Gasteiger partial charge in [-0.1, -0.05) is 0 Å². The fourth-order valence-electron chi connectivity index (χ4n) is 1.70. The van der Waals surface area contributed by atoms with Crippen molar-refractivity contribution in [3.05, 3.63) is 27.9 Å². The molecule has 3 aromatic rings. The molecule has 3 rings (SSSR count). The molecular formula is C12H11BrN6OS. The van der Waals surface area contributed by atoms with Gasteiger partial charge in [0.25, 0.3) is 5.91 Å². The summed E-state index contributed by atoms with van der Waals surface area (Å²) in [5.41, 5.74) is 0.553. The highest BCUT2D eigenvalue weighted by Gasteiger charge is 2.14. The third-order valence-electron chi connectivity index (χ3n) is 2.72. The van der Waals surface area contributed by atoms with E-state index in [1.807, 2.05) is 14.1 Å². The highest BCUT2D eigenvalue weighted by atomic mass is 79.9. The molecule has 3 aromatic heterocycles. The molecule has 0 aliphatic rings. The topological polar surface area (TPSA) is 86.8 Å². The third-order valence-corrected chi connectivity index (χ3v) is 4.36. The number of amides is 1. The summed E-state index contributed by atoms with van der Waals surface area (Å²) in [6.07, 6.45) is 3.16. The van der Waals surface area contributed by atoms with Crippen molar-refractivity contribution in [3.8, 4) is 0 Å². The standard InChI is InChI=1S/C12H11BrN6OS/c1-19(2)12-14-4-6(5-15-12)16-10(20)8-3-7-9(13)17-18-11(7)21-8/h3-5H,1-2H3,(H,16,20)(H,17,18). The van der Waals surface area contributed by atoms with Gasteiger partial charge < -0.3 is 10.2 Å². The zero-order valence-electron chi connectivity index (χ0n) is 11.2. The molecule has 21 heavy (non-hydrogen) atoms. The third kappa shape index (κ3) is 2.74. The summed E-state index contributed by atoms with van der Waals surface area (Å²) < 4.78 is 0.770. The maximum absolute atomic E-state index is 12.2. The van der Waals surface area contributed by atoms with E-state index in [0.717, 1.165) is 14.8 Å². The normalized spacial score (nSPS) is 10.8. The van der Waals surface area contributed by atoms with Crippen molar-refractivity contribution in [1.82, 2.24) is 20.2 Å². The van der Waals surface area contributed by atoms with Crippen LogP contribution in [0.15, 0.2) is 23.1 Å². The predicted molar refractivity (Wildman–Crippen MR) is 86.0 cm³/mol. The van der Waals surface area contributed by atoms with Crippen molar-refractivity contribution in [2.75, 3.05) is 24.3 Å². The zero-order chi connectivity index (χ0) is 15.0. The van der Waals surface area contributed by atoms with Gasteiger partial charge in [-0.25, -0.2) is 9.97 Å². The zero-order valence-corrected chi connectivity index (χ0v) is 13.6. The van der Waals surface area contributed by atoms with Gasteiger partial charge in [-0.2, -0.15) is 5.10 Å². The molecule has 9 heteroatoms. The van der Waals surface area contributed by atoms with Gasteiger partial charge >= 0.3 is 0 Å². The van der Waals surface area contributed by atoms with Gasteiger partial charge in [0.15, 0.2) is 0 Å². The van der Waals surface area contributed by atoms with Gasteiger partial charge in [0, 0.05) is 19.5 Å². The Bertz CT molecular complexity index is 794. The van der Waals surface area contributed by atoms with E-state index in [2.05, 4.69) is 41.4 Å². The Kier molecular flexibility index (Phi) is 3.60. The molecule has 0 bridgehead atoms. The number of carbonyl (C=O) groups excluding carboxylic acids is 1. The van der Waals surface area contributed by atoms with Crippen LogP contribution in [0.3, 0.4) is 0 Å². The van der Waals surface area contributed by atoms with Crippen LogP contribution in [0.2, 0.25) is 0 Å². The number of anilines is 2. The summed E-state index contributed by atoms with van der Waals surface area (Å²) in [6, 6.07) is 1.79. The maximum Gasteiger partial charge on any atom is 0.265 e. The number of hydrogen-bond donors (Lipinski definition) is 2. The summed E-state index contributed by atoms with van der Waals surface area (Å²) >= 11 is 4.67. The quantitative estimate of drug-likeness (QED) is 0.743. The van der Waals surface area contributed by atoms with Crippen molar-refractivity contribution in [2.45, 2.75) is 0 Å².